The number of ether oxygens (including phenoxy) is 1. The fourth-order valence-corrected chi connectivity index (χ4v) is 1.28. The third-order valence-electron chi connectivity index (χ3n) is 2.31. The van der Waals surface area contributed by atoms with Gasteiger partial charge < -0.3 is 15.2 Å². The lowest BCUT2D eigenvalue weighted by atomic mass is 10.1. The summed E-state index contributed by atoms with van der Waals surface area (Å²) >= 11 is 0. The van der Waals surface area contributed by atoms with Gasteiger partial charge in [0, 0.05) is 25.4 Å². The third-order valence-corrected chi connectivity index (χ3v) is 2.31. The van der Waals surface area contributed by atoms with Crippen molar-refractivity contribution >= 4 is 5.95 Å². The molecule has 0 aromatic carbocycles. The van der Waals surface area contributed by atoms with Crippen molar-refractivity contribution in [2.45, 2.75) is 19.8 Å². The summed E-state index contributed by atoms with van der Waals surface area (Å²) in [5, 5.41) is 12.0. The lowest BCUT2D eigenvalue weighted by Crippen LogP contribution is -2.08. The normalized spacial score (nSPS) is 12.2. The average Bonchev–Trinajstić information content (AvgIpc) is 2.34. The summed E-state index contributed by atoms with van der Waals surface area (Å²) in [6.45, 7) is 3.08. The molecule has 1 aromatic heterocycles. The van der Waals surface area contributed by atoms with Crippen molar-refractivity contribution in [3.8, 4) is 5.88 Å². The molecule has 0 amide bonds. The number of nitrogens with one attached hydrogen (secondary N) is 1. The van der Waals surface area contributed by atoms with E-state index in [-0.39, 0.29) is 6.61 Å². The second-order valence-corrected chi connectivity index (χ2v) is 3.78. The van der Waals surface area contributed by atoms with E-state index in [1.54, 1.807) is 19.4 Å². The van der Waals surface area contributed by atoms with Crippen molar-refractivity contribution in [3.63, 3.8) is 0 Å². The number of aliphatic hydroxyl groups excluding tert-OH is 1. The Hall–Kier alpha value is -1.36. The van der Waals surface area contributed by atoms with E-state index in [9.17, 15) is 0 Å². The summed E-state index contributed by atoms with van der Waals surface area (Å²) in [6, 6.07) is 1.71. The Morgan fingerprint density at radius 1 is 1.56 bits per heavy atom. The van der Waals surface area contributed by atoms with E-state index in [0.717, 1.165) is 19.4 Å². The fourth-order valence-electron chi connectivity index (χ4n) is 1.28. The Balaban J connectivity index is 2.26. The highest BCUT2D eigenvalue weighted by Crippen LogP contribution is 2.08. The molecule has 1 rings (SSSR count). The predicted octanol–water partition coefficient (Wildman–Crippen LogP) is 1.31. The van der Waals surface area contributed by atoms with Crippen molar-refractivity contribution in [2.24, 2.45) is 5.92 Å². The number of hydrogen-bond donors (Lipinski definition) is 2. The molecule has 90 valence electrons. The molecule has 2 N–H and O–H groups in total. The molecule has 0 fully saturated rings. The van der Waals surface area contributed by atoms with Crippen LogP contribution in [0.3, 0.4) is 0 Å². The highest BCUT2D eigenvalue weighted by atomic mass is 16.5. The molecule has 0 saturated heterocycles. The second kappa shape index (κ2) is 7.00. The van der Waals surface area contributed by atoms with Crippen molar-refractivity contribution in [3.05, 3.63) is 12.3 Å². The molecule has 1 atom stereocenters. The molecule has 5 heteroatoms. The van der Waals surface area contributed by atoms with Crippen LogP contribution in [0.2, 0.25) is 0 Å². The van der Waals surface area contributed by atoms with Gasteiger partial charge in [0.2, 0.25) is 11.8 Å². The molecule has 5 nitrogen and oxygen atoms in total. The van der Waals surface area contributed by atoms with Crippen LogP contribution in [0, 0.1) is 5.92 Å². The molecule has 16 heavy (non-hydrogen) atoms. The Morgan fingerprint density at radius 2 is 2.38 bits per heavy atom. The summed E-state index contributed by atoms with van der Waals surface area (Å²) in [4.78, 5) is 8.21. The van der Waals surface area contributed by atoms with Crippen LogP contribution in [-0.4, -0.2) is 35.3 Å². The SMILES string of the molecule is COc1ccnc(NCCCC(C)CO)n1. The van der Waals surface area contributed by atoms with Gasteiger partial charge in [-0.2, -0.15) is 4.98 Å². The minimum atomic E-state index is 0.246. The molecule has 1 heterocycles. The Morgan fingerprint density at radius 3 is 3.06 bits per heavy atom. The maximum absolute atomic E-state index is 8.86. The van der Waals surface area contributed by atoms with E-state index in [1.807, 2.05) is 6.92 Å². The molecule has 1 unspecified atom stereocenters. The van der Waals surface area contributed by atoms with Gasteiger partial charge in [0.05, 0.1) is 7.11 Å². The van der Waals surface area contributed by atoms with E-state index >= 15 is 0 Å². The van der Waals surface area contributed by atoms with Crippen LogP contribution in [0.5, 0.6) is 5.88 Å². The van der Waals surface area contributed by atoms with Gasteiger partial charge in [-0.25, -0.2) is 4.98 Å². The number of aliphatic hydroxyl groups is 1. The predicted molar refractivity (Wildman–Crippen MR) is 62.6 cm³/mol. The van der Waals surface area contributed by atoms with Gasteiger partial charge in [-0.3, -0.25) is 0 Å². The molecule has 0 aliphatic rings. The number of methoxy groups -OCH3 is 1. The van der Waals surface area contributed by atoms with E-state index in [4.69, 9.17) is 9.84 Å². The number of rotatable bonds is 7. The molecular formula is C11H19N3O2. The smallest absolute Gasteiger partial charge is 0.225 e. The third kappa shape index (κ3) is 4.44. The van der Waals surface area contributed by atoms with E-state index in [1.165, 1.54) is 0 Å². The van der Waals surface area contributed by atoms with Crippen molar-refractivity contribution in [1.82, 2.24) is 9.97 Å². The van der Waals surface area contributed by atoms with Gasteiger partial charge in [0.15, 0.2) is 0 Å². The molecule has 0 saturated carbocycles. The largest absolute Gasteiger partial charge is 0.481 e. The number of anilines is 1. The van der Waals surface area contributed by atoms with Crippen LogP contribution < -0.4 is 10.1 Å². The lowest BCUT2D eigenvalue weighted by molar-refractivity contribution is 0.229. The maximum Gasteiger partial charge on any atom is 0.225 e. The highest BCUT2D eigenvalue weighted by Gasteiger charge is 2.01. The number of nitrogens with zero attached hydrogens (tertiary/aromatic N) is 2. The van der Waals surface area contributed by atoms with Gasteiger partial charge in [-0.05, 0) is 18.8 Å². The van der Waals surface area contributed by atoms with Crippen LogP contribution in [0.25, 0.3) is 0 Å². The Labute approximate surface area is 95.9 Å². The monoisotopic (exact) mass is 225 g/mol. The Bertz CT molecular complexity index is 307. The van der Waals surface area contributed by atoms with Crippen LogP contribution in [-0.2, 0) is 0 Å². The average molecular weight is 225 g/mol. The van der Waals surface area contributed by atoms with Gasteiger partial charge >= 0.3 is 0 Å². The van der Waals surface area contributed by atoms with Crippen LogP contribution in [0.15, 0.2) is 12.3 Å². The molecule has 0 aliphatic carbocycles. The second-order valence-electron chi connectivity index (χ2n) is 3.78. The minimum Gasteiger partial charge on any atom is -0.481 e. The maximum atomic E-state index is 8.86. The van der Waals surface area contributed by atoms with Crippen molar-refractivity contribution < 1.29 is 9.84 Å². The zero-order valence-corrected chi connectivity index (χ0v) is 9.81. The van der Waals surface area contributed by atoms with E-state index in [2.05, 4.69) is 15.3 Å². The van der Waals surface area contributed by atoms with Crippen molar-refractivity contribution in [1.29, 1.82) is 0 Å². The standard InChI is InChI=1S/C11H19N3O2/c1-9(8-15)4-3-6-12-11-13-7-5-10(14-11)16-2/h5,7,9,15H,3-4,6,8H2,1-2H3,(H,12,13,14). The summed E-state index contributed by atoms with van der Waals surface area (Å²) in [7, 11) is 1.58. The first kappa shape index (κ1) is 12.7. The minimum absolute atomic E-state index is 0.246. The van der Waals surface area contributed by atoms with Crippen LogP contribution in [0.1, 0.15) is 19.8 Å². The molecular weight excluding hydrogens is 206 g/mol. The van der Waals surface area contributed by atoms with Crippen LogP contribution in [0.4, 0.5) is 5.95 Å². The highest BCUT2D eigenvalue weighted by molar-refractivity contribution is 5.26. The first-order valence-electron chi connectivity index (χ1n) is 5.48. The Kier molecular flexibility index (Phi) is 5.56. The van der Waals surface area contributed by atoms with E-state index in [0.29, 0.717) is 17.7 Å². The molecule has 0 spiro atoms. The van der Waals surface area contributed by atoms with Crippen LogP contribution >= 0.6 is 0 Å². The summed E-state index contributed by atoms with van der Waals surface area (Å²) in [6.07, 6.45) is 3.64. The van der Waals surface area contributed by atoms with E-state index < -0.39 is 0 Å². The van der Waals surface area contributed by atoms with Gasteiger partial charge in [0.25, 0.3) is 0 Å². The first-order valence-corrected chi connectivity index (χ1v) is 5.48. The lowest BCUT2D eigenvalue weighted by Gasteiger charge is -2.08. The topological polar surface area (TPSA) is 67.3 Å². The summed E-state index contributed by atoms with van der Waals surface area (Å²) in [5.74, 6) is 1.49. The molecule has 0 bridgehead atoms. The number of hydrogen-bond acceptors (Lipinski definition) is 5. The van der Waals surface area contributed by atoms with Gasteiger partial charge in [-0.15, -0.1) is 0 Å². The summed E-state index contributed by atoms with van der Waals surface area (Å²) < 4.78 is 4.99. The number of aromatic nitrogens is 2. The molecule has 1 aromatic rings. The zero-order valence-electron chi connectivity index (χ0n) is 9.81. The van der Waals surface area contributed by atoms with Gasteiger partial charge in [-0.1, -0.05) is 6.92 Å². The summed E-state index contributed by atoms with van der Waals surface area (Å²) in [5.41, 5.74) is 0. The molecule has 0 radical (unpaired) electrons. The molecule has 0 aliphatic heterocycles. The fraction of sp³-hybridized carbons (Fsp3) is 0.636. The quantitative estimate of drug-likeness (QED) is 0.685. The van der Waals surface area contributed by atoms with Crippen molar-refractivity contribution in [2.75, 3.05) is 25.6 Å². The zero-order chi connectivity index (χ0) is 11.8. The van der Waals surface area contributed by atoms with Gasteiger partial charge in [0.1, 0.15) is 0 Å². The first-order chi connectivity index (χ1) is 7.76.